The molecule has 0 aliphatic carbocycles. The maximum absolute atomic E-state index is 12.9. The van der Waals surface area contributed by atoms with Gasteiger partial charge in [0.15, 0.2) is 5.16 Å². The number of nitrogens with zero attached hydrogens (tertiary/aromatic N) is 3. The van der Waals surface area contributed by atoms with E-state index >= 15 is 0 Å². The lowest BCUT2D eigenvalue weighted by molar-refractivity contribution is 0.232. The highest BCUT2D eigenvalue weighted by atomic mass is 32.2. The predicted molar refractivity (Wildman–Crippen MR) is 141 cm³/mol. The Balaban J connectivity index is 1.20. The smallest absolute Gasteiger partial charge is 0.197 e. The zero-order chi connectivity index (χ0) is 24.2. The van der Waals surface area contributed by atoms with Gasteiger partial charge in [0.25, 0.3) is 0 Å². The van der Waals surface area contributed by atoms with E-state index in [1.807, 2.05) is 37.3 Å². The second-order valence-electron chi connectivity index (χ2n) is 8.65. The predicted octanol–water partition coefficient (Wildman–Crippen LogP) is 5.24. The summed E-state index contributed by atoms with van der Waals surface area (Å²) in [6.45, 7) is 4.15. The van der Waals surface area contributed by atoms with Crippen LogP contribution in [0.2, 0.25) is 0 Å². The number of benzene rings is 3. The van der Waals surface area contributed by atoms with E-state index in [-0.39, 0.29) is 5.75 Å². The van der Waals surface area contributed by atoms with Gasteiger partial charge in [0.05, 0.1) is 33.3 Å². The van der Waals surface area contributed by atoms with Gasteiger partial charge in [-0.2, -0.15) is 0 Å². The standard InChI is InChI=1S/C28H28N4O2S/c1-20-26(19-35(33)28-30-24-12-5-6-13-25(24)31-28)29-15-14-27(20)34-17-16-32(2)18-22-10-7-9-21-8-3-4-11-23(21)22/h3-15H,16-19H2,1-2H3,(H,30,31). The largest absolute Gasteiger partial charge is 0.492 e. The molecule has 3 aromatic carbocycles. The van der Waals surface area contributed by atoms with Gasteiger partial charge in [0.2, 0.25) is 0 Å². The number of aromatic amines is 1. The molecule has 2 heterocycles. The van der Waals surface area contributed by atoms with Gasteiger partial charge in [-0.1, -0.05) is 54.6 Å². The SMILES string of the molecule is Cc1c(OCCN(C)Cc2cccc3ccccc23)ccnc1CS(=O)c1nc2ccccc2[nH]1. The number of para-hydroxylation sites is 2. The number of H-pyrrole nitrogens is 1. The third-order valence-electron chi connectivity index (χ3n) is 6.16. The number of aromatic nitrogens is 3. The van der Waals surface area contributed by atoms with Crippen LogP contribution in [0, 0.1) is 6.92 Å². The topological polar surface area (TPSA) is 71.1 Å². The maximum atomic E-state index is 12.9. The average Bonchev–Trinajstić information content (AvgIpc) is 3.31. The van der Waals surface area contributed by atoms with E-state index in [0.29, 0.717) is 11.8 Å². The average molecular weight is 485 g/mol. The first-order valence-corrected chi connectivity index (χ1v) is 13.0. The maximum Gasteiger partial charge on any atom is 0.197 e. The minimum atomic E-state index is -1.33. The first-order chi connectivity index (χ1) is 17.1. The van der Waals surface area contributed by atoms with Crippen LogP contribution in [-0.4, -0.2) is 44.3 Å². The number of hydrogen-bond donors (Lipinski definition) is 1. The Morgan fingerprint density at radius 1 is 1.00 bits per heavy atom. The Hall–Kier alpha value is -3.55. The van der Waals surface area contributed by atoms with Gasteiger partial charge < -0.3 is 9.72 Å². The first-order valence-electron chi connectivity index (χ1n) is 11.6. The van der Waals surface area contributed by atoms with Crippen molar-refractivity contribution in [2.45, 2.75) is 24.4 Å². The fraction of sp³-hybridized carbons (Fsp3) is 0.214. The van der Waals surface area contributed by atoms with Gasteiger partial charge >= 0.3 is 0 Å². The third kappa shape index (κ3) is 5.26. The Labute approximate surface area is 207 Å². The number of pyridine rings is 1. The monoisotopic (exact) mass is 484 g/mol. The molecule has 0 bridgehead atoms. The molecular weight excluding hydrogens is 456 g/mol. The number of fused-ring (bicyclic) bond motifs is 2. The Morgan fingerprint density at radius 3 is 2.69 bits per heavy atom. The fourth-order valence-corrected chi connectivity index (χ4v) is 5.30. The van der Waals surface area contributed by atoms with E-state index in [4.69, 9.17) is 4.74 Å². The summed E-state index contributed by atoms with van der Waals surface area (Å²) in [6.07, 6.45) is 1.72. The lowest BCUT2D eigenvalue weighted by Crippen LogP contribution is -2.24. The van der Waals surface area contributed by atoms with Crippen molar-refractivity contribution < 1.29 is 8.95 Å². The molecule has 0 saturated heterocycles. The van der Waals surface area contributed by atoms with Gasteiger partial charge in [0.1, 0.15) is 12.4 Å². The molecule has 0 fully saturated rings. The summed E-state index contributed by atoms with van der Waals surface area (Å²) in [6, 6.07) is 24.5. The van der Waals surface area contributed by atoms with E-state index in [9.17, 15) is 4.21 Å². The minimum Gasteiger partial charge on any atom is -0.492 e. The number of imidazole rings is 1. The highest BCUT2D eigenvalue weighted by Gasteiger charge is 2.15. The zero-order valence-electron chi connectivity index (χ0n) is 19.9. The number of hydrogen-bond acceptors (Lipinski definition) is 5. The molecule has 7 heteroatoms. The molecule has 0 aliphatic heterocycles. The summed E-state index contributed by atoms with van der Waals surface area (Å²) in [5.41, 5.74) is 4.66. The van der Waals surface area contributed by atoms with Crippen molar-refractivity contribution >= 4 is 32.6 Å². The van der Waals surface area contributed by atoms with Crippen LogP contribution in [0.4, 0.5) is 0 Å². The molecule has 5 rings (SSSR count). The van der Waals surface area contributed by atoms with Crippen molar-refractivity contribution in [3.05, 3.63) is 95.8 Å². The van der Waals surface area contributed by atoms with Crippen LogP contribution in [0.3, 0.4) is 0 Å². The molecule has 0 saturated carbocycles. The second kappa shape index (κ2) is 10.4. The van der Waals surface area contributed by atoms with Crippen molar-refractivity contribution in [1.82, 2.24) is 19.9 Å². The van der Waals surface area contributed by atoms with Gasteiger partial charge in [-0.3, -0.25) is 14.1 Å². The molecule has 1 N–H and O–H groups in total. The van der Waals surface area contributed by atoms with E-state index < -0.39 is 10.8 Å². The van der Waals surface area contributed by atoms with Crippen LogP contribution in [0.25, 0.3) is 21.8 Å². The van der Waals surface area contributed by atoms with E-state index in [0.717, 1.165) is 41.1 Å². The molecular formula is C28H28N4O2S. The summed E-state index contributed by atoms with van der Waals surface area (Å²) in [5.74, 6) is 1.05. The Morgan fingerprint density at radius 2 is 1.80 bits per heavy atom. The van der Waals surface area contributed by atoms with Crippen LogP contribution < -0.4 is 4.74 Å². The summed E-state index contributed by atoms with van der Waals surface area (Å²) in [5, 5.41) is 3.01. The first kappa shape index (κ1) is 23.2. The molecule has 0 spiro atoms. The summed E-state index contributed by atoms with van der Waals surface area (Å²) < 4.78 is 19.1. The van der Waals surface area contributed by atoms with Crippen LogP contribution in [0.15, 0.2) is 84.1 Å². The van der Waals surface area contributed by atoms with Crippen molar-refractivity contribution in [3.63, 3.8) is 0 Å². The number of nitrogens with one attached hydrogen (secondary N) is 1. The quantitative estimate of drug-likeness (QED) is 0.310. The minimum absolute atomic E-state index is 0.282. The van der Waals surface area contributed by atoms with E-state index in [1.54, 1.807) is 6.20 Å². The highest BCUT2D eigenvalue weighted by Crippen LogP contribution is 2.23. The fourth-order valence-electron chi connectivity index (χ4n) is 4.20. The molecule has 178 valence electrons. The molecule has 1 atom stereocenters. The van der Waals surface area contributed by atoms with Crippen LogP contribution in [-0.2, 0) is 23.1 Å². The summed E-state index contributed by atoms with van der Waals surface area (Å²) in [7, 11) is 0.778. The molecule has 2 aromatic heterocycles. The zero-order valence-corrected chi connectivity index (χ0v) is 20.7. The molecule has 5 aromatic rings. The Bertz CT molecular complexity index is 1460. The normalized spacial score (nSPS) is 12.4. The van der Waals surface area contributed by atoms with Crippen molar-refractivity contribution in [1.29, 1.82) is 0 Å². The van der Waals surface area contributed by atoms with Gasteiger partial charge in [-0.25, -0.2) is 4.98 Å². The molecule has 0 amide bonds. The van der Waals surface area contributed by atoms with Crippen LogP contribution in [0.5, 0.6) is 5.75 Å². The number of rotatable bonds is 9. The van der Waals surface area contributed by atoms with Gasteiger partial charge in [-0.15, -0.1) is 0 Å². The lowest BCUT2D eigenvalue weighted by atomic mass is 10.0. The van der Waals surface area contributed by atoms with E-state index in [1.165, 1.54) is 16.3 Å². The van der Waals surface area contributed by atoms with Crippen molar-refractivity contribution in [2.75, 3.05) is 20.2 Å². The molecule has 1 unspecified atom stereocenters. The van der Waals surface area contributed by atoms with Gasteiger partial charge in [0, 0.05) is 24.8 Å². The van der Waals surface area contributed by atoms with Crippen molar-refractivity contribution in [3.8, 4) is 5.75 Å². The summed E-state index contributed by atoms with van der Waals surface area (Å²) >= 11 is 0. The highest BCUT2D eigenvalue weighted by molar-refractivity contribution is 7.84. The summed E-state index contributed by atoms with van der Waals surface area (Å²) in [4.78, 5) is 14.3. The number of likely N-dealkylation sites (N-methyl/N-ethyl adjacent to an activating group) is 1. The second-order valence-corrected chi connectivity index (χ2v) is 10.0. The lowest BCUT2D eigenvalue weighted by Gasteiger charge is -2.19. The van der Waals surface area contributed by atoms with Gasteiger partial charge in [-0.05, 0) is 48.5 Å². The molecule has 6 nitrogen and oxygen atoms in total. The van der Waals surface area contributed by atoms with E-state index in [2.05, 4.69) is 69.4 Å². The molecule has 0 aliphatic rings. The van der Waals surface area contributed by atoms with Crippen LogP contribution in [0.1, 0.15) is 16.8 Å². The van der Waals surface area contributed by atoms with Crippen LogP contribution >= 0.6 is 0 Å². The molecule has 35 heavy (non-hydrogen) atoms. The third-order valence-corrected chi connectivity index (χ3v) is 7.32. The number of ether oxygens (including phenoxy) is 1. The Kier molecular flexibility index (Phi) is 6.88. The van der Waals surface area contributed by atoms with Crippen molar-refractivity contribution in [2.24, 2.45) is 0 Å². The molecule has 0 radical (unpaired) electrons.